The van der Waals surface area contributed by atoms with E-state index in [1.165, 1.54) is 49.3 Å². The summed E-state index contributed by atoms with van der Waals surface area (Å²) in [5.74, 6) is 0.716. The Morgan fingerprint density at radius 1 is 0.500 bits per heavy atom. The summed E-state index contributed by atoms with van der Waals surface area (Å²) in [7, 11) is 0. The van der Waals surface area contributed by atoms with Crippen molar-refractivity contribution in [1.29, 1.82) is 0 Å². The van der Waals surface area contributed by atoms with E-state index in [4.69, 9.17) is 9.97 Å². The lowest BCUT2D eigenvalue weighted by molar-refractivity contribution is 0.551. The van der Waals surface area contributed by atoms with Crippen LogP contribution in [0.2, 0.25) is 0 Å². The Morgan fingerprint density at radius 3 is 1.76 bits per heavy atom. The second-order valence-electron chi connectivity index (χ2n) is 13.6. The molecule has 2 aliphatic rings. The van der Waals surface area contributed by atoms with Crippen LogP contribution in [-0.4, -0.2) is 16.0 Å². The van der Waals surface area contributed by atoms with Crippen LogP contribution in [0.4, 0.5) is 11.4 Å². The molecule has 0 saturated carbocycles. The molecule has 0 radical (unpaired) electrons. The van der Waals surface area contributed by atoms with Gasteiger partial charge in [0.1, 0.15) is 0 Å². The van der Waals surface area contributed by atoms with E-state index in [2.05, 4.69) is 182 Å². The van der Waals surface area contributed by atoms with Crippen LogP contribution in [0.25, 0.3) is 66.2 Å². The van der Waals surface area contributed by atoms with Crippen LogP contribution in [0.15, 0.2) is 176 Å². The van der Waals surface area contributed by atoms with Crippen molar-refractivity contribution in [3.05, 3.63) is 182 Å². The molecule has 2 atom stereocenters. The van der Waals surface area contributed by atoms with E-state index in [0.717, 1.165) is 28.1 Å². The summed E-state index contributed by atoms with van der Waals surface area (Å²) >= 11 is 0. The minimum Gasteiger partial charge on any atom is -0.333 e. The molecule has 1 aliphatic heterocycles. The highest BCUT2D eigenvalue weighted by Gasteiger charge is 2.46. The van der Waals surface area contributed by atoms with Crippen LogP contribution in [0.5, 0.6) is 0 Å². The van der Waals surface area contributed by atoms with Gasteiger partial charge in [0.25, 0.3) is 0 Å². The quantitative estimate of drug-likeness (QED) is 0.179. The first kappa shape index (κ1) is 28.7. The Bertz CT molecular complexity index is 2640. The number of benzene rings is 7. The van der Waals surface area contributed by atoms with E-state index in [1.807, 2.05) is 6.07 Å². The summed E-state index contributed by atoms with van der Waals surface area (Å²) in [5, 5.41) is 7.47. The molecule has 1 aliphatic carbocycles. The van der Waals surface area contributed by atoms with Crippen LogP contribution in [0, 0.1) is 0 Å². The van der Waals surface area contributed by atoms with Gasteiger partial charge in [0, 0.05) is 33.5 Å². The Balaban J connectivity index is 1.11. The smallest absolute Gasteiger partial charge is 0.160 e. The summed E-state index contributed by atoms with van der Waals surface area (Å²) in [4.78, 5) is 12.9. The van der Waals surface area contributed by atoms with Crippen molar-refractivity contribution in [2.45, 2.75) is 18.4 Å². The first-order chi connectivity index (χ1) is 24.7. The molecule has 0 saturated heterocycles. The second kappa shape index (κ2) is 11.1. The lowest BCUT2D eigenvalue weighted by atomic mass is 9.76. The Morgan fingerprint density at radius 2 is 1.06 bits per heavy atom. The first-order valence-corrected chi connectivity index (χ1v) is 17.3. The van der Waals surface area contributed by atoms with Gasteiger partial charge in [-0.05, 0) is 75.1 Å². The summed E-state index contributed by atoms with van der Waals surface area (Å²) in [6.07, 6.45) is 9.02. The number of rotatable bonds is 4. The van der Waals surface area contributed by atoms with Gasteiger partial charge in [-0.1, -0.05) is 146 Å². The van der Waals surface area contributed by atoms with E-state index in [0.29, 0.717) is 5.82 Å². The van der Waals surface area contributed by atoms with Crippen molar-refractivity contribution in [1.82, 2.24) is 9.97 Å². The van der Waals surface area contributed by atoms with E-state index in [9.17, 15) is 0 Å². The molecule has 236 valence electrons. The van der Waals surface area contributed by atoms with E-state index in [1.54, 1.807) is 0 Å². The third-order valence-electron chi connectivity index (χ3n) is 10.7. The second-order valence-corrected chi connectivity index (χ2v) is 13.6. The fourth-order valence-corrected chi connectivity index (χ4v) is 8.24. The fraction of sp³-hybridized carbons (Fsp3) is 0.0638. The number of fused-ring (bicyclic) bond motifs is 9. The van der Waals surface area contributed by atoms with Crippen LogP contribution < -0.4 is 4.90 Å². The maximum Gasteiger partial charge on any atom is 0.160 e. The molecule has 10 rings (SSSR count). The highest BCUT2D eigenvalue weighted by Crippen LogP contribution is 2.51. The average molecular weight is 640 g/mol. The summed E-state index contributed by atoms with van der Waals surface area (Å²) < 4.78 is 0. The number of anilines is 2. The maximum absolute atomic E-state index is 5.24. The summed E-state index contributed by atoms with van der Waals surface area (Å²) in [5.41, 5.74) is 8.64. The zero-order chi connectivity index (χ0) is 33.2. The molecule has 2 heterocycles. The fourth-order valence-electron chi connectivity index (χ4n) is 8.24. The lowest BCUT2D eigenvalue weighted by Crippen LogP contribution is -2.39. The van der Waals surface area contributed by atoms with E-state index in [-0.39, 0.29) is 11.5 Å². The standard InChI is InChI=1S/C47H33N3/c1-47-28-12-11-21-45(47)50(44-20-10-9-19-41(44)47)34-25-22-32(23-26-34)43-30-42(31-13-3-2-4-14-31)48-46(49-43)33-24-27-39-37-17-6-5-15-35(37)36-16-7-8-18-38(36)40(39)29-33/h2-30,45H,1H3. The molecule has 0 fully saturated rings. The van der Waals surface area contributed by atoms with Crippen molar-refractivity contribution in [2.24, 2.45) is 0 Å². The minimum atomic E-state index is -0.0758. The number of hydrogen-bond acceptors (Lipinski definition) is 3. The predicted octanol–water partition coefficient (Wildman–Crippen LogP) is 11.8. The maximum atomic E-state index is 5.24. The third-order valence-corrected chi connectivity index (χ3v) is 10.7. The van der Waals surface area contributed by atoms with Crippen molar-refractivity contribution < 1.29 is 0 Å². The molecule has 7 aromatic carbocycles. The molecule has 50 heavy (non-hydrogen) atoms. The summed E-state index contributed by atoms with van der Waals surface area (Å²) in [6, 6.07) is 54.5. The van der Waals surface area contributed by atoms with Crippen molar-refractivity contribution in [2.75, 3.05) is 4.90 Å². The average Bonchev–Trinajstić information content (AvgIpc) is 3.46. The highest BCUT2D eigenvalue weighted by atomic mass is 15.2. The zero-order valence-corrected chi connectivity index (χ0v) is 27.7. The topological polar surface area (TPSA) is 29.0 Å². The molecule has 8 aromatic rings. The van der Waals surface area contributed by atoms with Crippen molar-refractivity contribution >= 4 is 43.7 Å². The third kappa shape index (κ3) is 4.37. The number of nitrogens with zero attached hydrogens (tertiary/aromatic N) is 3. The van der Waals surface area contributed by atoms with E-state index >= 15 is 0 Å². The van der Waals surface area contributed by atoms with Crippen LogP contribution in [-0.2, 0) is 5.41 Å². The molecule has 0 spiro atoms. The van der Waals surface area contributed by atoms with Crippen LogP contribution in [0.3, 0.4) is 0 Å². The molecular formula is C47H33N3. The van der Waals surface area contributed by atoms with Gasteiger partial charge in [0.15, 0.2) is 5.82 Å². The van der Waals surface area contributed by atoms with Crippen molar-refractivity contribution in [3.63, 3.8) is 0 Å². The van der Waals surface area contributed by atoms with Gasteiger partial charge in [-0.25, -0.2) is 9.97 Å². The highest BCUT2D eigenvalue weighted by molar-refractivity contribution is 6.25. The normalized spacial score (nSPS) is 17.8. The SMILES string of the molecule is CC12C=CC=CC1N(c1ccc(-c3cc(-c4ccccc4)nc(-c4ccc5c6ccccc6c6ccccc6c5c4)n3)cc1)c1ccccc12. The number of aromatic nitrogens is 2. The Kier molecular flexibility index (Phi) is 6.37. The van der Waals surface area contributed by atoms with Gasteiger partial charge in [0.2, 0.25) is 0 Å². The van der Waals surface area contributed by atoms with Crippen LogP contribution in [0.1, 0.15) is 12.5 Å². The van der Waals surface area contributed by atoms with Gasteiger partial charge >= 0.3 is 0 Å². The molecule has 0 amide bonds. The molecule has 1 aromatic heterocycles. The molecule has 2 unspecified atom stereocenters. The minimum absolute atomic E-state index is 0.0758. The van der Waals surface area contributed by atoms with Gasteiger partial charge in [-0.2, -0.15) is 0 Å². The number of para-hydroxylation sites is 1. The molecule has 3 heteroatoms. The van der Waals surface area contributed by atoms with Gasteiger partial charge in [-0.3, -0.25) is 0 Å². The zero-order valence-electron chi connectivity index (χ0n) is 27.7. The predicted molar refractivity (Wildman–Crippen MR) is 209 cm³/mol. The van der Waals surface area contributed by atoms with Crippen LogP contribution >= 0.6 is 0 Å². The molecule has 3 nitrogen and oxygen atoms in total. The molecule has 0 N–H and O–H groups in total. The lowest BCUT2D eigenvalue weighted by Gasteiger charge is -2.34. The number of hydrogen-bond donors (Lipinski definition) is 0. The summed E-state index contributed by atoms with van der Waals surface area (Å²) in [6.45, 7) is 2.34. The monoisotopic (exact) mass is 639 g/mol. The van der Waals surface area contributed by atoms with Gasteiger partial charge < -0.3 is 4.90 Å². The van der Waals surface area contributed by atoms with E-state index < -0.39 is 0 Å². The molecule has 0 bridgehead atoms. The number of allylic oxidation sites excluding steroid dienone is 2. The first-order valence-electron chi connectivity index (χ1n) is 17.3. The Labute approximate surface area is 291 Å². The Hall–Kier alpha value is -6.32. The molecular weight excluding hydrogens is 607 g/mol. The largest absolute Gasteiger partial charge is 0.333 e. The van der Waals surface area contributed by atoms with Gasteiger partial charge in [-0.15, -0.1) is 0 Å². The van der Waals surface area contributed by atoms with Crippen molar-refractivity contribution in [3.8, 4) is 33.9 Å². The van der Waals surface area contributed by atoms with Gasteiger partial charge in [0.05, 0.1) is 17.4 Å².